The van der Waals surface area contributed by atoms with Crippen LogP contribution in [-0.2, 0) is 0 Å². The number of benzene rings is 1. The fraction of sp³-hybridized carbons (Fsp3) is 0.571. The molecule has 1 aromatic rings. The molecule has 0 heterocycles. The Kier molecular flexibility index (Phi) is 6.29. The van der Waals surface area contributed by atoms with Crippen molar-refractivity contribution in [1.29, 1.82) is 0 Å². The molecule has 0 aliphatic heterocycles. The smallest absolute Gasteiger partial charge is 0.162 e. The van der Waals surface area contributed by atoms with Crippen LogP contribution >= 0.6 is 0 Å². The van der Waals surface area contributed by atoms with E-state index < -0.39 is 0 Å². The molecular formula is C14H24N2O3. The number of rotatable bonds is 8. The molecular weight excluding hydrogens is 244 g/mol. The van der Waals surface area contributed by atoms with E-state index in [0.29, 0.717) is 23.1 Å². The second kappa shape index (κ2) is 7.74. The van der Waals surface area contributed by atoms with Crippen LogP contribution in [0, 0.1) is 5.92 Å². The zero-order valence-corrected chi connectivity index (χ0v) is 11.9. The molecule has 0 fully saturated rings. The summed E-state index contributed by atoms with van der Waals surface area (Å²) >= 11 is 0. The number of methoxy groups -OCH3 is 2. The summed E-state index contributed by atoms with van der Waals surface area (Å²) in [5.41, 5.74) is 7.42. The SMILES string of the molecule is COc1cc(N)c(NCCCC(C)CO)cc1OC. The molecule has 1 atom stereocenters. The summed E-state index contributed by atoms with van der Waals surface area (Å²) < 4.78 is 10.4. The minimum atomic E-state index is 0.235. The van der Waals surface area contributed by atoms with Crippen LogP contribution in [0.1, 0.15) is 19.8 Å². The number of ether oxygens (including phenoxy) is 2. The van der Waals surface area contributed by atoms with E-state index >= 15 is 0 Å². The fourth-order valence-electron chi connectivity index (χ4n) is 1.81. The van der Waals surface area contributed by atoms with Gasteiger partial charge in [-0.1, -0.05) is 6.92 Å². The first-order chi connectivity index (χ1) is 9.12. The molecule has 1 unspecified atom stereocenters. The van der Waals surface area contributed by atoms with Crippen LogP contribution in [0.2, 0.25) is 0 Å². The van der Waals surface area contributed by atoms with Crippen LogP contribution in [0.15, 0.2) is 12.1 Å². The first-order valence-electron chi connectivity index (χ1n) is 6.48. The highest BCUT2D eigenvalue weighted by Crippen LogP contribution is 2.34. The third-order valence-electron chi connectivity index (χ3n) is 3.06. The normalized spacial score (nSPS) is 12.0. The number of aliphatic hydroxyl groups is 1. The highest BCUT2D eigenvalue weighted by Gasteiger charge is 2.08. The standard InChI is InChI=1S/C14H24N2O3/c1-10(9-17)5-4-6-16-12-8-14(19-3)13(18-2)7-11(12)15/h7-8,10,16-17H,4-6,9,15H2,1-3H3. The van der Waals surface area contributed by atoms with Gasteiger partial charge >= 0.3 is 0 Å². The molecule has 0 aromatic heterocycles. The van der Waals surface area contributed by atoms with E-state index in [-0.39, 0.29) is 6.61 Å². The van der Waals surface area contributed by atoms with Gasteiger partial charge in [-0.05, 0) is 18.8 Å². The van der Waals surface area contributed by atoms with E-state index in [1.54, 1.807) is 20.3 Å². The second-order valence-corrected chi connectivity index (χ2v) is 4.65. The monoisotopic (exact) mass is 268 g/mol. The number of anilines is 2. The number of hydrogen-bond acceptors (Lipinski definition) is 5. The van der Waals surface area contributed by atoms with Gasteiger partial charge in [0.1, 0.15) is 0 Å². The third kappa shape index (κ3) is 4.52. The summed E-state index contributed by atoms with van der Waals surface area (Å²) in [5.74, 6) is 1.62. The molecule has 0 bridgehead atoms. The Morgan fingerprint density at radius 3 is 2.47 bits per heavy atom. The molecule has 0 amide bonds. The minimum Gasteiger partial charge on any atom is -0.493 e. The molecule has 5 nitrogen and oxygen atoms in total. The Bertz CT molecular complexity index is 397. The molecule has 0 aliphatic carbocycles. The van der Waals surface area contributed by atoms with Gasteiger partial charge in [0.05, 0.1) is 25.6 Å². The van der Waals surface area contributed by atoms with Crippen LogP contribution in [0.3, 0.4) is 0 Å². The average Bonchev–Trinajstić information content (AvgIpc) is 2.43. The Labute approximate surface area is 114 Å². The van der Waals surface area contributed by atoms with Crippen molar-refractivity contribution >= 4 is 11.4 Å². The highest BCUT2D eigenvalue weighted by molar-refractivity contribution is 5.71. The van der Waals surface area contributed by atoms with Crippen LogP contribution in [0.5, 0.6) is 11.5 Å². The van der Waals surface area contributed by atoms with Gasteiger partial charge in [0.2, 0.25) is 0 Å². The first-order valence-corrected chi connectivity index (χ1v) is 6.48. The molecule has 19 heavy (non-hydrogen) atoms. The Hall–Kier alpha value is -1.62. The van der Waals surface area contributed by atoms with Crippen molar-refractivity contribution in [3.05, 3.63) is 12.1 Å². The second-order valence-electron chi connectivity index (χ2n) is 4.65. The maximum atomic E-state index is 8.95. The van der Waals surface area contributed by atoms with Crippen molar-refractivity contribution in [3.63, 3.8) is 0 Å². The number of aliphatic hydroxyl groups excluding tert-OH is 1. The molecule has 1 aromatic carbocycles. The van der Waals surface area contributed by atoms with E-state index in [1.165, 1.54) is 0 Å². The maximum Gasteiger partial charge on any atom is 0.162 e. The van der Waals surface area contributed by atoms with E-state index in [1.807, 2.05) is 13.0 Å². The van der Waals surface area contributed by atoms with E-state index in [0.717, 1.165) is 25.1 Å². The van der Waals surface area contributed by atoms with Crippen LogP contribution < -0.4 is 20.5 Å². The largest absolute Gasteiger partial charge is 0.493 e. The van der Waals surface area contributed by atoms with Crippen LogP contribution in [0.4, 0.5) is 11.4 Å². The predicted octanol–water partition coefficient (Wildman–Crippen LogP) is 2.11. The molecule has 0 saturated heterocycles. The topological polar surface area (TPSA) is 76.7 Å². The summed E-state index contributed by atoms with van der Waals surface area (Å²) in [6, 6.07) is 3.58. The average molecular weight is 268 g/mol. The zero-order chi connectivity index (χ0) is 14.3. The summed E-state index contributed by atoms with van der Waals surface area (Å²) in [4.78, 5) is 0. The fourth-order valence-corrected chi connectivity index (χ4v) is 1.81. The lowest BCUT2D eigenvalue weighted by molar-refractivity contribution is 0.229. The minimum absolute atomic E-state index is 0.235. The van der Waals surface area contributed by atoms with Gasteiger partial charge in [0.25, 0.3) is 0 Å². The Balaban J connectivity index is 2.58. The molecule has 0 spiro atoms. The first kappa shape index (κ1) is 15.4. The number of nitrogens with two attached hydrogens (primary N) is 1. The molecule has 1 rings (SSSR count). The van der Waals surface area contributed by atoms with E-state index in [2.05, 4.69) is 5.32 Å². The highest BCUT2D eigenvalue weighted by atomic mass is 16.5. The molecule has 0 radical (unpaired) electrons. The van der Waals surface area contributed by atoms with E-state index in [9.17, 15) is 0 Å². The third-order valence-corrected chi connectivity index (χ3v) is 3.06. The lowest BCUT2D eigenvalue weighted by atomic mass is 10.1. The van der Waals surface area contributed by atoms with Crippen molar-refractivity contribution in [2.24, 2.45) is 5.92 Å². The lowest BCUT2D eigenvalue weighted by Gasteiger charge is -2.14. The van der Waals surface area contributed by atoms with E-state index in [4.69, 9.17) is 20.3 Å². The summed E-state index contributed by atoms with van der Waals surface area (Å²) in [6.45, 7) is 3.08. The van der Waals surface area contributed by atoms with Gasteiger partial charge in [0, 0.05) is 25.3 Å². The number of nitrogens with one attached hydrogen (secondary N) is 1. The summed E-state index contributed by atoms with van der Waals surface area (Å²) in [6.07, 6.45) is 1.96. The summed E-state index contributed by atoms with van der Waals surface area (Å²) in [5, 5.41) is 12.2. The van der Waals surface area contributed by atoms with Crippen molar-refractivity contribution in [2.75, 3.05) is 38.4 Å². The van der Waals surface area contributed by atoms with Crippen LogP contribution in [0.25, 0.3) is 0 Å². The van der Waals surface area contributed by atoms with Gasteiger partial charge in [-0.15, -0.1) is 0 Å². The number of hydrogen-bond donors (Lipinski definition) is 3. The maximum absolute atomic E-state index is 8.95. The van der Waals surface area contributed by atoms with Crippen molar-refractivity contribution in [2.45, 2.75) is 19.8 Å². The van der Waals surface area contributed by atoms with Crippen molar-refractivity contribution in [1.82, 2.24) is 0 Å². The zero-order valence-electron chi connectivity index (χ0n) is 11.9. The van der Waals surface area contributed by atoms with Gasteiger partial charge in [0.15, 0.2) is 11.5 Å². The van der Waals surface area contributed by atoms with Crippen molar-refractivity contribution < 1.29 is 14.6 Å². The predicted molar refractivity (Wildman–Crippen MR) is 77.9 cm³/mol. The Morgan fingerprint density at radius 2 is 1.89 bits per heavy atom. The lowest BCUT2D eigenvalue weighted by Crippen LogP contribution is -2.08. The summed E-state index contributed by atoms with van der Waals surface area (Å²) in [7, 11) is 3.18. The van der Waals surface area contributed by atoms with Crippen molar-refractivity contribution in [3.8, 4) is 11.5 Å². The van der Waals surface area contributed by atoms with Crippen LogP contribution in [-0.4, -0.2) is 32.5 Å². The Morgan fingerprint density at radius 1 is 1.26 bits per heavy atom. The van der Waals surface area contributed by atoms with Gasteiger partial charge in [-0.3, -0.25) is 0 Å². The molecule has 0 aliphatic rings. The quantitative estimate of drug-likeness (QED) is 0.497. The molecule has 108 valence electrons. The number of nitrogen functional groups attached to an aromatic ring is 1. The molecule has 4 N–H and O–H groups in total. The van der Waals surface area contributed by atoms with Gasteiger partial charge in [-0.2, -0.15) is 0 Å². The van der Waals surface area contributed by atoms with Gasteiger partial charge < -0.3 is 25.6 Å². The molecule has 0 saturated carbocycles. The molecule has 5 heteroatoms. The van der Waals surface area contributed by atoms with Gasteiger partial charge in [-0.25, -0.2) is 0 Å².